The Bertz CT molecular complexity index is 351. The zero-order valence-corrected chi connectivity index (χ0v) is 13.6. The highest BCUT2D eigenvalue weighted by atomic mass is 16.5. The average Bonchev–Trinajstić information content (AvgIpc) is 2.52. The third-order valence-corrected chi connectivity index (χ3v) is 2.89. The minimum Gasteiger partial charge on any atom is -0.374 e. The first-order valence-corrected chi connectivity index (χ1v) is 7.67. The summed E-state index contributed by atoms with van der Waals surface area (Å²) in [6, 6.07) is 10.3. The number of hydrogen-bond acceptors (Lipinski definition) is 2. The maximum Gasteiger partial charge on any atom is 0.219 e. The van der Waals surface area contributed by atoms with Crippen molar-refractivity contribution in [2.24, 2.45) is 0 Å². The molecule has 0 bridgehead atoms. The van der Waals surface area contributed by atoms with E-state index in [9.17, 15) is 4.79 Å². The fourth-order valence-corrected chi connectivity index (χ4v) is 2.01. The van der Waals surface area contributed by atoms with Crippen LogP contribution in [0.2, 0.25) is 0 Å². The van der Waals surface area contributed by atoms with Gasteiger partial charge in [0, 0.05) is 26.4 Å². The lowest BCUT2D eigenvalue weighted by molar-refractivity contribution is -0.136. The normalized spacial score (nSPS) is 17.2. The maximum atomic E-state index is 11.3. The van der Waals surface area contributed by atoms with Crippen molar-refractivity contribution in [3.63, 3.8) is 0 Å². The van der Waals surface area contributed by atoms with Crippen LogP contribution in [-0.4, -0.2) is 36.6 Å². The monoisotopic (exact) mass is 279 g/mol. The van der Waals surface area contributed by atoms with E-state index < -0.39 is 0 Å². The number of rotatable bonds is 2. The molecule has 0 aromatic heterocycles. The van der Waals surface area contributed by atoms with Gasteiger partial charge in [0.05, 0.1) is 12.7 Å². The van der Waals surface area contributed by atoms with E-state index in [1.807, 2.05) is 50.8 Å². The van der Waals surface area contributed by atoms with Gasteiger partial charge in [0.1, 0.15) is 0 Å². The molecule has 1 atom stereocenters. The second-order valence-electron chi connectivity index (χ2n) is 4.15. The van der Waals surface area contributed by atoms with Crippen LogP contribution in [0.1, 0.15) is 40.2 Å². The largest absolute Gasteiger partial charge is 0.374 e. The summed E-state index contributed by atoms with van der Waals surface area (Å²) >= 11 is 0. The van der Waals surface area contributed by atoms with E-state index in [1.54, 1.807) is 6.92 Å². The Morgan fingerprint density at radius 1 is 1.20 bits per heavy atom. The van der Waals surface area contributed by atoms with Crippen molar-refractivity contribution in [3.8, 4) is 0 Å². The summed E-state index contributed by atoms with van der Waals surface area (Å²) in [7, 11) is 0. The van der Waals surface area contributed by atoms with Gasteiger partial charge in [0.25, 0.3) is 0 Å². The third-order valence-electron chi connectivity index (χ3n) is 2.89. The zero-order chi connectivity index (χ0) is 15.4. The molecule has 0 spiro atoms. The second-order valence-corrected chi connectivity index (χ2v) is 4.15. The molecule has 3 heteroatoms. The van der Waals surface area contributed by atoms with Crippen molar-refractivity contribution >= 4 is 5.91 Å². The summed E-state index contributed by atoms with van der Waals surface area (Å²) in [6.07, 6.45) is 1.02. The van der Waals surface area contributed by atoms with Crippen LogP contribution in [0.25, 0.3) is 0 Å². The van der Waals surface area contributed by atoms with Crippen molar-refractivity contribution in [3.05, 3.63) is 35.9 Å². The smallest absolute Gasteiger partial charge is 0.219 e. The van der Waals surface area contributed by atoms with Gasteiger partial charge in [-0.3, -0.25) is 4.79 Å². The topological polar surface area (TPSA) is 29.5 Å². The molecule has 1 heterocycles. The third kappa shape index (κ3) is 6.71. The highest BCUT2D eigenvalue weighted by Gasteiger charge is 2.21. The predicted octanol–water partition coefficient (Wildman–Crippen LogP) is 3.53. The summed E-state index contributed by atoms with van der Waals surface area (Å²) in [6.45, 7) is 11.7. The zero-order valence-electron chi connectivity index (χ0n) is 13.6. The number of carbonyl (C=O) groups excluding carboxylic acids is 1. The lowest BCUT2D eigenvalue weighted by atomic mass is 10.1. The van der Waals surface area contributed by atoms with E-state index in [2.05, 4.69) is 12.1 Å². The summed E-state index contributed by atoms with van der Waals surface area (Å²) in [5.74, 6) is 0.140. The van der Waals surface area contributed by atoms with Crippen molar-refractivity contribution in [2.45, 2.75) is 47.1 Å². The minimum atomic E-state index is 0.139. The van der Waals surface area contributed by atoms with Gasteiger partial charge in [0.2, 0.25) is 5.91 Å². The van der Waals surface area contributed by atoms with Gasteiger partial charge < -0.3 is 9.64 Å². The molecule has 1 unspecified atom stereocenters. The Morgan fingerprint density at radius 2 is 1.80 bits per heavy atom. The number of hydrogen-bond donors (Lipinski definition) is 0. The van der Waals surface area contributed by atoms with Gasteiger partial charge in [-0.25, -0.2) is 0 Å². The molecule has 0 aliphatic carbocycles. The highest BCUT2D eigenvalue weighted by Crippen LogP contribution is 2.11. The van der Waals surface area contributed by atoms with E-state index in [0.717, 1.165) is 13.0 Å². The quantitative estimate of drug-likeness (QED) is 0.829. The molecule has 1 amide bonds. The van der Waals surface area contributed by atoms with Gasteiger partial charge in [-0.05, 0) is 5.56 Å². The molecule has 1 aliphatic rings. The van der Waals surface area contributed by atoms with Crippen LogP contribution in [0.15, 0.2) is 30.3 Å². The van der Waals surface area contributed by atoms with E-state index in [4.69, 9.17) is 4.74 Å². The van der Waals surface area contributed by atoms with Crippen molar-refractivity contribution in [2.75, 3.05) is 19.7 Å². The van der Waals surface area contributed by atoms with E-state index in [-0.39, 0.29) is 12.0 Å². The molecular weight excluding hydrogens is 250 g/mol. The van der Waals surface area contributed by atoms with Gasteiger partial charge in [-0.2, -0.15) is 0 Å². The standard InChI is InChI=1S/C13H17NO2.2C2H6/c1-11(15)14-7-8-16-13(10-14)9-12-5-3-2-4-6-12;2*1-2/h2-6,13H,7-10H2,1H3;2*1-2H3. The Morgan fingerprint density at radius 3 is 2.35 bits per heavy atom. The Hall–Kier alpha value is -1.35. The van der Waals surface area contributed by atoms with Crippen molar-refractivity contribution < 1.29 is 9.53 Å². The Labute approximate surface area is 123 Å². The molecule has 20 heavy (non-hydrogen) atoms. The number of carbonyl (C=O) groups is 1. The lowest BCUT2D eigenvalue weighted by Crippen LogP contribution is -2.45. The van der Waals surface area contributed by atoms with Crippen LogP contribution in [0, 0.1) is 0 Å². The first kappa shape index (κ1) is 18.7. The van der Waals surface area contributed by atoms with E-state index in [0.29, 0.717) is 13.2 Å². The van der Waals surface area contributed by atoms with Crippen LogP contribution >= 0.6 is 0 Å². The molecule has 1 aromatic rings. The summed E-state index contributed by atoms with van der Waals surface area (Å²) < 4.78 is 5.67. The molecule has 1 fully saturated rings. The Balaban J connectivity index is 0.000000829. The fourth-order valence-electron chi connectivity index (χ4n) is 2.01. The maximum absolute atomic E-state index is 11.3. The molecule has 1 saturated heterocycles. The average molecular weight is 279 g/mol. The van der Waals surface area contributed by atoms with Crippen LogP contribution in [0.3, 0.4) is 0 Å². The molecule has 3 nitrogen and oxygen atoms in total. The first-order chi connectivity index (χ1) is 9.75. The van der Waals surface area contributed by atoms with Crippen molar-refractivity contribution in [1.29, 1.82) is 0 Å². The number of nitrogens with zero attached hydrogens (tertiary/aromatic N) is 1. The summed E-state index contributed by atoms with van der Waals surface area (Å²) in [5, 5.41) is 0. The molecule has 0 radical (unpaired) electrons. The van der Waals surface area contributed by atoms with Crippen LogP contribution < -0.4 is 0 Å². The van der Waals surface area contributed by atoms with Crippen LogP contribution in [0.5, 0.6) is 0 Å². The molecule has 1 aliphatic heterocycles. The molecular formula is C17H29NO2. The van der Waals surface area contributed by atoms with Gasteiger partial charge in [0.15, 0.2) is 0 Å². The van der Waals surface area contributed by atoms with Gasteiger partial charge in [-0.15, -0.1) is 0 Å². The highest BCUT2D eigenvalue weighted by molar-refractivity contribution is 5.73. The number of morpholine rings is 1. The lowest BCUT2D eigenvalue weighted by Gasteiger charge is -2.32. The molecule has 0 N–H and O–H groups in total. The molecule has 1 aromatic carbocycles. The van der Waals surface area contributed by atoms with Crippen LogP contribution in [-0.2, 0) is 16.0 Å². The predicted molar refractivity (Wildman–Crippen MR) is 84.8 cm³/mol. The molecule has 114 valence electrons. The SMILES string of the molecule is CC.CC.CC(=O)N1CCOC(Cc2ccccc2)C1. The number of amides is 1. The number of benzene rings is 1. The van der Waals surface area contributed by atoms with E-state index >= 15 is 0 Å². The Kier molecular flexibility index (Phi) is 10.7. The molecule has 0 saturated carbocycles. The van der Waals surface area contributed by atoms with Crippen LogP contribution in [0.4, 0.5) is 0 Å². The summed E-state index contributed by atoms with van der Waals surface area (Å²) in [4.78, 5) is 13.1. The molecule has 2 rings (SSSR count). The minimum absolute atomic E-state index is 0.139. The van der Waals surface area contributed by atoms with Gasteiger partial charge in [-0.1, -0.05) is 58.0 Å². The fraction of sp³-hybridized carbons (Fsp3) is 0.588. The van der Waals surface area contributed by atoms with Gasteiger partial charge >= 0.3 is 0 Å². The van der Waals surface area contributed by atoms with Crippen molar-refractivity contribution in [1.82, 2.24) is 4.90 Å². The second kappa shape index (κ2) is 11.5. The number of ether oxygens (including phenoxy) is 1. The first-order valence-electron chi connectivity index (χ1n) is 7.67. The summed E-state index contributed by atoms with van der Waals surface area (Å²) in [5.41, 5.74) is 1.26. The van der Waals surface area contributed by atoms with E-state index in [1.165, 1.54) is 5.56 Å².